The number of carbonyl (C=O) groups is 2. The topological polar surface area (TPSA) is 79.3 Å². The van der Waals surface area contributed by atoms with Crippen LogP contribution in [0.4, 0.5) is 5.82 Å². The maximum Gasteiger partial charge on any atom is 0.314 e. The van der Waals surface area contributed by atoms with Crippen LogP contribution < -0.4 is 10.6 Å². The minimum absolute atomic E-state index is 0.327. The molecule has 2 amide bonds. The van der Waals surface area contributed by atoms with Gasteiger partial charge in [0.1, 0.15) is 5.82 Å². The Kier molecular flexibility index (Phi) is 6.66. The van der Waals surface area contributed by atoms with Crippen molar-refractivity contribution < 1.29 is 9.59 Å². The number of piperidine rings is 1. The van der Waals surface area contributed by atoms with E-state index in [0.717, 1.165) is 32.5 Å². The molecule has 2 N–H and O–H groups in total. The molecule has 7 heteroatoms. The normalized spacial score (nSPS) is 20.0. The van der Waals surface area contributed by atoms with E-state index < -0.39 is 11.8 Å². The maximum atomic E-state index is 12.2. The van der Waals surface area contributed by atoms with E-state index in [1.54, 1.807) is 12.3 Å². The number of amides is 2. The average Bonchev–Trinajstić information content (AvgIpc) is 3.31. The zero-order valence-corrected chi connectivity index (χ0v) is 15.7. The third-order valence-corrected chi connectivity index (χ3v) is 5.42. The summed E-state index contributed by atoms with van der Waals surface area (Å²) in [5.41, 5.74) is 0. The van der Waals surface area contributed by atoms with Crippen molar-refractivity contribution in [1.82, 2.24) is 20.0 Å². The second-order valence-corrected chi connectivity index (χ2v) is 7.73. The first-order chi connectivity index (χ1) is 12.6. The maximum absolute atomic E-state index is 12.2. The molecule has 1 aliphatic carbocycles. The van der Waals surface area contributed by atoms with E-state index in [9.17, 15) is 9.59 Å². The lowest BCUT2D eigenvalue weighted by atomic mass is 10.1. The number of nitrogens with one attached hydrogen (secondary N) is 2. The van der Waals surface area contributed by atoms with Crippen LogP contribution >= 0.6 is 0 Å². The molecule has 0 spiro atoms. The molecule has 1 aromatic rings. The van der Waals surface area contributed by atoms with Gasteiger partial charge in [0.25, 0.3) is 0 Å². The Morgan fingerprint density at radius 3 is 2.62 bits per heavy atom. The molecular weight excluding hydrogens is 330 g/mol. The third-order valence-electron chi connectivity index (χ3n) is 5.42. The van der Waals surface area contributed by atoms with E-state index in [4.69, 9.17) is 0 Å². The van der Waals surface area contributed by atoms with Crippen LogP contribution in [0.1, 0.15) is 57.9 Å². The van der Waals surface area contributed by atoms with Crippen LogP contribution in [0.15, 0.2) is 12.3 Å². The smallest absolute Gasteiger partial charge is 0.314 e. The van der Waals surface area contributed by atoms with Crippen LogP contribution in [0.25, 0.3) is 0 Å². The Morgan fingerprint density at radius 1 is 1.15 bits per heavy atom. The van der Waals surface area contributed by atoms with Crippen LogP contribution in [-0.4, -0.2) is 52.7 Å². The van der Waals surface area contributed by atoms with Crippen molar-refractivity contribution in [3.63, 3.8) is 0 Å². The highest BCUT2D eigenvalue weighted by atomic mass is 16.2. The van der Waals surface area contributed by atoms with Gasteiger partial charge in [-0.3, -0.25) is 9.59 Å². The molecule has 7 nitrogen and oxygen atoms in total. The molecule has 0 unspecified atom stereocenters. The lowest BCUT2D eigenvalue weighted by Crippen LogP contribution is -2.41. The van der Waals surface area contributed by atoms with Crippen LogP contribution in [0.2, 0.25) is 0 Å². The Labute approximate surface area is 155 Å². The fourth-order valence-corrected chi connectivity index (χ4v) is 4.02. The molecule has 1 aliphatic heterocycles. The monoisotopic (exact) mass is 361 g/mol. The zero-order chi connectivity index (χ0) is 18.4. The summed E-state index contributed by atoms with van der Waals surface area (Å²) >= 11 is 0. The van der Waals surface area contributed by atoms with Crippen LogP contribution in [0, 0.1) is 5.92 Å². The summed E-state index contributed by atoms with van der Waals surface area (Å²) in [5.74, 6) is -0.253. The molecule has 1 atom stereocenters. The van der Waals surface area contributed by atoms with Gasteiger partial charge in [0.2, 0.25) is 0 Å². The van der Waals surface area contributed by atoms with Gasteiger partial charge >= 0.3 is 11.8 Å². The fourth-order valence-electron chi connectivity index (χ4n) is 4.02. The molecule has 0 aromatic carbocycles. The average molecular weight is 361 g/mol. The van der Waals surface area contributed by atoms with Crippen molar-refractivity contribution in [3.8, 4) is 0 Å². The van der Waals surface area contributed by atoms with E-state index in [2.05, 4.69) is 27.6 Å². The van der Waals surface area contributed by atoms with E-state index in [1.807, 2.05) is 4.68 Å². The number of likely N-dealkylation sites (tertiary alicyclic amines) is 1. The van der Waals surface area contributed by atoms with Crippen molar-refractivity contribution in [1.29, 1.82) is 0 Å². The van der Waals surface area contributed by atoms with Crippen molar-refractivity contribution in [2.24, 2.45) is 5.92 Å². The molecule has 0 bridgehead atoms. The van der Waals surface area contributed by atoms with Crippen molar-refractivity contribution in [2.45, 2.75) is 57.9 Å². The molecule has 26 heavy (non-hydrogen) atoms. The number of rotatable bonds is 6. The lowest BCUT2D eigenvalue weighted by Gasteiger charge is -2.29. The largest absolute Gasteiger partial charge is 0.348 e. The first-order valence-corrected chi connectivity index (χ1v) is 9.98. The number of aromatic nitrogens is 2. The van der Waals surface area contributed by atoms with Gasteiger partial charge in [-0.25, -0.2) is 4.68 Å². The van der Waals surface area contributed by atoms with Crippen molar-refractivity contribution in [3.05, 3.63) is 12.3 Å². The third kappa shape index (κ3) is 5.06. The summed E-state index contributed by atoms with van der Waals surface area (Å²) in [7, 11) is 0. The molecule has 3 rings (SSSR count). The Balaban J connectivity index is 1.43. The quantitative estimate of drug-likeness (QED) is 0.761. The summed E-state index contributed by atoms with van der Waals surface area (Å²) in [5, 5.41) is 9.79. The minimum Gasteiger partial charge on any atom is -0.348 e. The molecule has 2 heterocycles. The van der Waals surface area contributed by atoms with E-state index in [-0.39, 0.29) is 0 Å². The highest BCUT2D eigenvalue weighted by molar-refractivity contribution is 6.39. The number of anilines is 1. The Morgan fingerprint density at radius 2 is 1.88 bits per heavy atom. The second kappa shape index (κ2) is 9.16. The number of hydrogen-bond acceptors (Lipinski definition) is 4. The Bertz CT molecular complexity index is 603. The highest BCUT2D eigenvalue weighted by Crippen LogP contribution is 2.31. The first-order valence-electron chi connectivity index (χ1n) is 9.98. The van der Waals surface area contributed by atoms with Gasteiger partial charge in [0, 0.05) is 19.2 Å². The van der Waals surface area contributed by atoms with E-state index in [1.165, 1.54) is 32.1 Å². The van der Waals surface area contributed by atoms with Gasteiger partial charge in [0.05, 0.1) is 12.2 Å². The molecule has 0 radical (unpaired) electrons. The first kappa shape index (κ1) is 18.9. The summed E-state index contributed by atoms with van der Waals surface area (Å²) < 4.78 is 1.84. The van der Waals surface area contributed by atoms with Gasteiger partial charge in [-0.1, -0.05) is 26.2 Å². The molecular formula is C19H31N5O2. The zero-order valence-electron chi connectivity index (χ0n) is 15.7. The standard InChI is InChI=1S/C19H31N5O2/c1-15(14-23-11-5-2-6-12-23)13-20-18(25)19(26)22-17-9-10-21-24(17)16-7-3-4-8-16/h9-10,15-16H,2-8,11-14H2,1H3,(H,20,25)(H,22,26)/t15-/m0/s1. The number of carbonyl (C=O) groups excluding carboxylic acids is 2. The summed E-state index contributed by atoms with van der Waals surface area (Å²) in [6, 6.07) is 2.08. The van der Waals surface area contributed by atoms with E-state index >= 15 is 0 Å². The predicted molar refractivity (Wildman–Crippen MR) is 101 cm³/mol. The summed E-state index contributed by atoms with van der Waals surface area (Å²) in [6.45, 7) is 5.89. The molecule has 1 saturated carbocycles. The SMILES string of the molecule is C[C@@H](CNC(=O)C(=O)Nc1ccnn1C1CCCC1)CN1CCCCC1. The van der Waals surface area contributed by atoms with Gasteiger partial charge in [-0.2, -0.15) is 5.10 Å². The van der Waals surface area contributed by atoms with Crippen LogP contribution in [0.5, 0.6) is 0 Å². The van der Waals surface area contributed by atoms with Crippen LogP contribution in [-0.2, 0) is 9.59 Å². The van der Waals surface area contributed by atoms with Crippen molar-refractivity contribution >= 4 is 17.6 Å². The molecule has 1 saturated heterocycles. The molecule has 2 fully saturated rings. The van der Waals surface area contributed by atoms with E-state index in [0.29, 0.717) is 24.3 Å². The van der Waals surface area contributed by atoms with Crippen LogP contribution in [0.3, 0.4) is 0 Å². The predicted octanol–water partition coefficient (Wildman–Crippen LogP) is 2.17. The summed E-state index contributed by atoms with van der Waals surface area (Å²) in [4.78, 5) is 26.8. The minimum atomic E-state index is -0.616. The lowest BCUT2D eigenvalue weighted by molar-refractivity contribution is -0.136. The van der Waals surface area contributed by atoms with Crippen molar-refractivity contribution in [2.75, 3.05) is 31.5 Å². The number of hydrogen-bond donors (Lipinski definition) is 2. The fraction of sp³-hybridized carbons (Fsp3) is 0.737. The molecule has 2 aliphatic rings. The second-order valence-electron chi connectivity index (χ2n) is 7.73. The van der Waals surface area contributed by atoms with Gasteiger partial charge in [-0.05, 0) is 44.7 Å². The summed E-state index contributed by atoms with van der Waals surface area (Å²) in [6.07, 6.45) is 10.0. The number of nitrogens with zero attached hydrogens (tertiary/aromatic N) is 3. The molecule has 1 aromatic heterocycles. The van der Waals surface area contributed by atoms with Gasteiger partial charge in [0.15, 0.2) is 0 Å². The molecule has 144 valence electrons. The Hall–Kier alpha value is -1.89. The highest BCUT2D eigenvalue weighted by Gasteiger charge is 2.22. The van der Waals surface area contributed by atoms with Gasteiger partial charge < -0.3 is 15.5 Å². The van der Waals surface area contributed by atoms with Gasteiger partial charge in [-0.15, -0.1) is 0 Å².